The van der Waals surface area contributed by atoms with Gasteiger partial charge in [0, 0.05) is 29.5 Å². The molecule has 256 valence electrons. The number of benzene rings is 3. The Labute approximate surface area is 286 Å². The quantitative estimate of drug-likeness (QED) is 0.163. The van der Waals surface area contributed by atoms with E-state index in [-0.39, 0.29) is 18.1 Å². The fourth-order valence-electron chi connectivity index (χ4n) is 5.27. The standard InChI is InChI=1S/C35H35F3N6O4S/c1-4-7-25-8-5-6-9-30(25)44-23(2)21-49-33(44)41-31(45)20-27(40-34(46)47-3)15-12-24-10-13-26(14-11-24)32-39-22-43(42-32)28-16-18-29(19-17-28)48-35(36,37)38/h5-6,8-11,13-14,16-19,22,27H,2,4,7,12,15,20-21H2,1,3H3,(H,40,46). The number of halogens is 3. The van der Waals surface area contributed by atoms with Gasteiger partial charge in [0.25, 0.3) is 0 Å². The molecule has 1 atom stereocenters. The van der Waals surface area contributed by atoms with Crippen molar-refractivity contribution in [2.24, 2.45) is 4.99 Å². The number of nitrogens with zero attached hydrogens (tertiary/aromatic N) is 5. The molecule has 10 nitrogen and oxygen atoms in total. The van der Waals surface area contributed by atoms with Gasteiger partial charge in [-0.2, -0.15) is 4.99 Å². The summed E-state index contributed by atoms with van der Waals surface area (Å²) in [5, 5.41) is 7.77. The third kappa shape index (κ3) is 9.50. The zero-order chi connectivity index (χ0) is 35.0. The van der Waals surface area contributed by atoms with Crippen LogP contribution in [0.25, 0.3) is 17.1 Å². The fraction of sp³-hybridized carbons (Fsp3) is 0.286. The maximum Gasteiger partial charge on any atom is 0.573 e. The summed E-state index contributed by atoms with van der Waals surface area (Å²) >= 11 is 1.46. The minimum Gasteiger partial charge on any atom is -0.453 e. The lowest BCUT2D eigenvalue weighted by Gasteiger charge is -2.22. The molecular formula is C35H35F3N6O4S. The third-order valence-electron chi connectivity index (χ3n) is 7.60. The number of aliphatic imine (C=N–C) groups is 1. The Morgan fingerprint density at radius 2 is 1.80 bits per heavy atom. The van der Waals surface area contributed by atoms with Gasteiger partial charge in [0.15, 0.2) is 11.0 Å². The molecule has 5 rings (SSSR count). The van der Waals surface area contributed by atoms with Gasteiger partial charge in [-0.05, 0) is 60.7 Å². The Hall–Kier alpha value is -5.11. The molecule has 1 fully saturated rings. The predicted molar refractivity (Wildman–Crippen MR) is 183 cm³/mol. The van der Waals surface area contributed by atoms with Gasteiger partial charge < -0.3 is 14.8 Å². The third-order valence-corrected chi connectivity index (χ3v) is 8.61. The van der Waals surface area contributed by atoms with Gasteiger partial charge in [0.2, 0.25) is 5.91 Å². The number of anilines is 1. The lowest BCUT2D eigenvalue weighted by Crippen LogP contribution is -2.37. The first-order chi connectivity index (χ1) is 23.5. The maximum atomic E-state index is 13.2. The number of alkyl carbamates (subject to hydrolysis) is 1. The van der Waals surface area contributed by atoms with Crippen molar-refractivity contribution in [3.63, 3.8) is 0 Å². The van der Waals surface area contributed by atoms with Gasteiger partial charge in [-0.3, -0.25) is 9.69 Å². The van der Waals surface area contributed by atoms with Crippen LogP contribution in [0, 0.1) is 0 Å². The molecule has 3 aromatic carbocycles. The van der Waals surface area contributed by atoms with Gasteiger partial charge in [-0.25, -0.2) is 14.5 Å². The minimum atomic E-state index is -4.77. The Morgan fingerprint density at radius 1 is 1.06 bits per heavy atom. The summed E-state index contributed by atoms with van der Waals surface area (Å²) in [4.78, 5) is 36.1. The van der Waals surface area contributed by atoms with Crippen molar-refractivity contribution < 1.29 is 32.2 Å². The Bertz CT molecular complexity index is 1810. The fourth-order valence-corrected chi connectivity index (χ4v) is 6.22. The first-order valence-electron chi connectivity index (χ1n) is 15.5. The van der Waals surface area contributed by atoms with Crippen LogP contribution in [0.1, 0.15) is 37.3 Å². The second-order valence-corrected chi connectivity index (χ2v) is 12.1. The molecule has 4 aromatic rings. The zero-order valence-electron chi connectivity index (χ0n) is 26.9. The van der Waals surface area contributed by atoms with Crippen LogP contribution in [0.3, 0.4) is 0 Å². The number of ether oxygens (including phenoxy) is 2. The minimum absolute atomic E-state index is 0.0150. The van der Waals surface area contributed by atoms with Crippen molar-refractivity contribution in [1.29, 1.82) is 0 Å². The number of methoxy groups -OCH3 is 1. The van der Waals surface area contributed by atoms with Crippen LogP contribution in [0.5, 0.6) is 5.75 Å². The van der Waals surface area contributed by atoms with Crippen LogP contribution in [0.4, 0.5) is 23.7 Å². The number of amides is 2. The van der Waals surface area contributed by atoms with Crippen molar-refractivity contribution in [1.82, 2.24) is 20.1 Å². The van der Waals surface area contributed by atoms with Crippen molar-refractivity contribution in [3.8, 4) is 22.8 Å². The van der Waals surface area contributed by atoms with Crippen LogP contribution < -0.4 is 15.0 Å². The van der Waals surface area contributed by atoms with Crippen molar-refractivity contribution in [2.45, 2.75) is 51.4 Å². The van der Waals surface area contributed by atoms with E-state index >= 15 is 0 Å². The molecule has 0 spiro atoms. The predicted octanol–water partition coefficient (Wildman–Crippen LogP) is 7.48. The van der Waals surface area contributed by atoms with Crippen LogP contribution in [0.2, 0.25) is 0 Å². The topological polar surface area (TPSA) is 111 Å². The van der Waals surface area contributed by atoms with Crippen LogP contribution in [-0.2, 0) is 22.4 Å². The molecule has 1 aliphatic rings. The highest BCUT2D eigenvalue weighted by molar-refractivity contribution is 8.14. The largest absolute Gasteiger partial charge is 0.573 e. The zero-order valence-corrected chi connectivity index (χ0v) is 27.8. The number of carbonyl (C=O) groups excluding carboxylic acids is 2. The summed E-state index contributed by atoms with van der Waals surface area (Å²) in [5.74, 6) is 0.353. The lowest BCUT2D eigenvalue weighted by atomic mass is 10.0. The number of alkyl halides is 3. The maximum absolute atomic E-state index is 13.2. The number of hydrogen-bond acceptors (Lipinski definition) is 7. The highest BCUT2D eigenvalue weighted by Crippen LogP contribution is 2.35. The van der Waals surface area contributed by atoms with Crippen molar-refractivity contribution in [3.05, 3.63) is 103 Å². The van der Waals surface area contributed by atoms with E-state index in [9.17, 15) is 22.8 Å². The van der Waals surface area contributed by atoms with Crippen LogP contribution in [-0.4, -0.2) is 57.2 Å². The summed E-state index contributed by atoms with van der Waals surface area (Å²) in [7, 11) is 1.27. The molecular weight excluding hydrogens is 657 g/mol. The van der Waals surface area contributed by atoms with Crippen molar-refractivity contribution >= 4 is 34.6 Å². The molecule has 1 aliphatic heterocycles. The number of para-hydroxylation sites is 1. The van der Waals surface area contributed by atoms with E-state index in [0.29, 0.717) is 35.3 Å². The molecule has 0 saturated carbocycles. The van der Waals surface area contributed by atoms with Gasteiger partial charge >= 0.3 is 12.5 Å². The Balaban J connectivity index is 1.22. The van der Waals surface area contributed by atoms with E-state index in [1.54, 1.807) is 0 Å². The van der Waals surface area contributed by atoms with E-state index < -0.39 is 18.5 Å². The van der Waals surface area contributed by atoms with Gasteiger partial charge in [0.1, 0.15) is 12.1 Å². The Kier molecular flexibility index (Phi) is 11.4. The first-order valence-corrected chi connectivity index (χ1v) is 16.5. The second-order valence-electron chi connectivity index (χ2n) is 11.2. The molecule has 1 unspecified atom stereocenters. The average molecular weight is 693 g/mol. The van der Waals surface area contributed by atoms with Gasteiger partial charge in [-0.15, -0.1) is 18.3 Å². The lowest BCUT2D eigenvalue weighted by molar-refractivity contribution is -0.274. The monoisotopic (exact) mass is 692 g/mol. The smallest absolute Gasteiger partial charge is 0.453 e. The average Bonchev–Trinajstić information content (AvgIpc) is 3.71. The number of nitrogens with one attached hydrogen (secondary N) is 1. The molecule has 0 aliphatic carbocycles. The molecule has 0 radical (unpaired) electrons. The number of hydrogen-bond donors (Lipinski definition) is 1. The van der Waals surface area contributed by atoms with Crippen molar-refractivity contribution in [2.75, 3.05) is 17.8 Å². The summed E-state index contributed by atoms with van der Waals surface area (Å²) in [6.07, 6.45) is -1.08. The highest BCUT2D eigenvalue weighted by Gasteiger charge is 2.31. The van der Waals surface area contributed by atoms with E-state index in [2.05, 4.69) is 44.7 Å². The number of aryl methyl sites for hydroxylation is 2. The molecule has 14 heteroatoms. The number of aromatic nitrogens is 3. The van der Waals surface area contributed by atoms with E-state index in [1.165, 1.54) is 54.1 Å². The molecule has 2 amide bonds. The van der Waals surface area contributed by atoms with E-state index in [1.807, 2.05) is 47.4 Å². The Morgan fingerprint density at radius 3 is 2.49 bits per heavy atom. The molecule has 1 N–H and O–H groups in total. The normalized spacial score (nSPS) is 14.6. The summed E-state index contributed by atoms with van der Waals surface area (Å²) in [5.41, 5.74) is 5.18. The molecule has 0 bridgehead atoms. The SMILES string of the molecule is C=C1CSC(=NC(=O)CC(CCc2ccc(-c3ncn(-c4ccc(OC(F)(F)F)cc4)n3)cc2)NC(=O)OC)N1c1ccccc1CCC. The number of rotatable bonds is 12. The number of amidine groups is 1. The summed E-state index contributed by atoms with van der Waals surface area (Å²) in [6.45, 7) is 6.31. The highest BCUT2D eigenvalue weighted by atomic mass is 32.2. The first kappa shape index (κ1) is 35.2. The van der Waals surface area contributed by atoms with Crippen LogP contribution in [0.15, 0.2) is 96.4 Å². The number of thioether (sulfide) groups is 1. The molecule has 2 heterocycles. The van der Waals surface area contributed by atoms with Gasteiger partial charge in [-0.1, -0.05) is 74.1 Å². The summed E-state index contributed by atoms with van der Waals surface area (Å²) in [6, 6.07) is 20.3. The van der Waals surface area contributed by atoms with Crippen LogP contribution >= 0.6 is 11.8 Å². The summed E-state index contributed by atoms with van der Waals surface area (Å²) < 4.78 is 47.6. The molecule has 1 saturated heterocycles. The van der Waals surface area contributed by atoms with E-state index in [0.717, 1.165) is 40.9 Å². The molecule has 1 aromatic heterocycles. The second kappa shape index (κ2) is 15.9. The van der Waals surface area contributed by atoms with E-state index in [4.69, 9.17) is 4.74 Å². The number of carbonyl (C=O) groups is 2. The molecule has 49 heavy (non-hydrogen) atoms. The van der Waals surface area contributed by atoms with Gasteiger partial charge in [0.05, 0.1) is 18.5 Å².